The first-order valence-corrected chi connectivity index (χ1v) is 3.40. The van der Waals surface area contributed by atoms with E-state index in [4.69, 9.17) is 5.73 Å². The highest BCUT2D eigenvalue weighted by molar-refractivity contribution is 9.10. The molecule has 0 saturated carbocycles. The number of esters is 1. The highest BCUT2D eigenvalue weighted by Crippen LogP contribution is 2.15. The van der Waals surface area contributed by atoms with E-state index in [1.54, 1.807) is 6.92 Å². The number of rotatable bonds is 2. The average molecular weight is 233 g/mol. The molecule has 3 nitrogen and oxygen atoms in total. The molecule has 0 aliphatic rings. The molecule has 1 atom stereocenters. The molecule has 0 bridgehead atoms. The van der Waals surface area contributed by atoms with Gasteiger partial charge in [-0.05, 0) is 6.42 Å². The van der Waals surface area contributed by atoms with E-state index in [-0.39, 0.29) is 12.4 Å². The second-order valence-electron chi connectivity index (χ2n) is 1.71. The molecule has 0 spiro atoms. The fraction of sp³-hybridized carbons (Fsp3) is 0.800. The van der Waals surface area contributed by atoms with Crippen LogP contribution in [0.4, 0.5) is 0 Å². The average Bonchev–Trinajstić information content (AvgIpc) is 1.86. The molecule has 1 unspecified atom stereocenters. The molecular formula is C5H11BrClNO2. The Kier molecular flexibility index (Phi) is 6.33. The number of ether oxygens (including phenoxy) is 1. The van der Waals surface area contributed by atoms with Crippen molar-refractivity contribution in [2.24, 2.45) is 5.73 Å². The van der Waals surface area contributed by atoms with Crippen molar-refractivity contribution in [2.45, 2.75) is 17.8 Å². The van der Waals surface area contributed by atoms with E-state index in [0.717, 1.165) is 0 Å². The molecule has 0 aromatic carbocycles. The fourth-order valence-electron chi connectivity index (χ4n) is 0.314. The quantitative estimate of drug-likeness (QED) is 0.440. The van der Waals surface area contributed by atoms with Crippen molar-refractivity contribution in [1.82, 2.24) is 0 Å². The van der Waals surface area contributed by atoms with Crippen molar-refractivity contribution < 1.29 is 9.53 Å². The zero-order chi connectivity index (χ0) is 7.49. The van der Waals surface area contributed by atoms with Gasteiger partial charge in [-0.2, -0.15) is 0 Å². The Labute approximate surface area is 74.8 Å². The standard InChI is InChI=1S/C5H10BrNO2.ClH/c1-3-5(6,7)4(8)9-2;/h3,7H2,1-2H3;1H. The second-order valence-corrected chi connectivity index (χ2v) is 3.12. The molecule has 62 valence electrons. The minimum Gasteiger partial charge on any atom is -0.467 e. The van der Waals surface area contributed by atoms with Crippen LogP contribution in [0.3, 0.4) is 0 Å². The smallest absolute Gasteiger partial charge is 0.336 e. The molecule has 0 aliphatic carbocycles. The maximum atomic E-state index is 10.7. The van der Waals surface area contributed by atoms with Crippen LogP contribution in [0.1, 0.15) is 13.3 Å². The number of hydrogen-bond acceptors (Lipinski definition) is 3. The normalized spacial score (nSPS) is 14.8. The van der Waals surface area contributed by atoms with E-state index >= 15 is 0 Å². The van der Waals surface area contributed by atoms with Gasteiger partial charge in [-0.3, -0.25) is 0 Å². The van der Waals surface area contributed by atoms with Crippen molar-refractivity contribution >= 4 is 34.3 Å². The van der Waals surface area contributed by atoms with E-state index in [2.05, 4.69) is 20.7 Å². The van der Waals surface area contributed by atoms with Gasteiger partial charge in [0.2, 0.25) is 0 Å². The maximum Gasteiger partial charge on any atom is 0.336 e. The van der Waals surface area contributed by atoms with Gasteiger partial charge in [0.25, 0.3) is 0 Å². The summed E-state index contributed by atoms with van der Waals surface area (Å²) in [4.78, 5) is 10.7. The Morgan fingerprint density at radius 1 is 1.80 bits per heavy atom. The van der Waals surface area contributed by atoms with E-state index < -0.39 is 10.4 Å². The number of carbonyl (C=O) groups excluding carboxylic acids is 1. The topological polar surface area (TPSA) is 52.3 Å². The predicted molar refractivity (Wildman–Crippen MR) is 45.4 cm³/mol. The number of methoxy groups -OCH3 is 1. The minimum absolute atomic E-state index is 0. The largest absolute Gasteiger partial charge is 0.467 e. The van der Waals surface area contributed by atoms with Crippen LogP contribution in [-0.2, 0) is 9.53 Å². The lowest BCUT2D eigenvalue weighted by molar-refractivity contribution is -0.143. The summed E-state index contributed by atoms with van der Waals surface area (Å²) in [6.07, 6.45) is 0.514. The molecule has 0 aromatic heterocycles. The number of alkyl halides is 1. The van der Waals surface area contributed by atoms with Crippen LogP contribution >= 0.6 is 28.3 Å². The van der Waals surface area contributed by atoms with Gasteiger partial charge < -0.3 is 10.5 Å². The lowest BCUT2D eigenvalue weighted by atomic mass is 10.2. The molecule has 0 heterocycles. The summed E-state index contributed by atoms with van der Waals surface area (Å²) in [6.45, 7) is 1.80. The highest BCUT2D eigenvalue weighted by Gasteiger charge is 2.28. The van der Waals surface area contributed by atoms with Gasteiger partial charge >= 0.3 is 5.97 Å². The van der Waals surface area contributed by atoms with Gasteiger partial charge in [-0.15, -0.1) is 12.4 Å². The number of hydrogen-bond donors (Lipinski definition) is 1. The molecule has 0 aromatic rings. The first-order chi connectivity index (χ1) is 4.04. The summed E-state index contributed by atoms with van der Waals surface area (Å²) < 4.78 is 3.40. The van der Waals surface area contributed by atoms with E-state index in [0.29, 0.717) is 6.42 Å². The summed E-state index contributed by atoms with van der Waals surface area (Å²) in [7, 11) is 1.31. The van der Waals surface area contributed by atoms with E-state index in [9.17, 15) is 4.79 Å². The Morgan fingerprint density at radius 3 is 2.30 bits per heavy atom. The van der Waals surface area contributed by atoms with Crippen LogP contribution in [0.15, 0.2) is 0 Å². The molecule has 0 aliphatic heterocycles. The zero-order valence-corrected chi connectivity index (χ0v) is 8.29. The molecule has 10 heavy (non-hydrogen) atoms. The minimum atomic E-state index is -0.998. The van der Waals surface area contributed by atoms with Gasteiger partial charge in [0.1, 0.15) is 0 Å². The summed E-state index contributed by atoms with van der Waals surface area (Å²) in [5.74, 6) is -0.440. The zero-order valence-electron chi connectivity index (χ0n) is 5.89. The van der Waals surface area contributed by atoms with Crippen molar-refractivity contribution in [1.29, 1.82) is 0 Å². The van der Waals surface area contributed by atoms with Gasteiger partial charge in [0.15, 0.2) is 4.45 Å². The highest BCUT2D eigenvalue weighted by atomic mass is 79.9. The summed E-state index contributed by atoms with van der Waals surface area (Å²) >= 11 is 3.01. The molecule has 5 heteroatoms. The van der Waals surface area contributed by atoms with E-state index in [1.165, 1.54) is 7.11 Å². The van der Waals surface area contributed by atoms with Crippen molar-refractivity contribution in [3.05, 3.63) is 0 Å². The first-order valence-electron chi connectivity index (χ1n) is 2.60. The predicted octanol–water partition coefficient (Wildman–Crippen LogP) is 1.04. The molecule has 0 saturated heterocycles. The molecular weight excluding hydrogens is 221 g/mol. The van der Waals surface area contributed by atoms with Crippen LogP contribution in [-0.4, -0.2) is 17.5 Å². The Morgan fingerprint density at radius 2 is 2.20 bits per heavy atom. The SMILES string of the molecule is CCC(N)(Br)C(=O)OC.Cl. The molecule has 0 amide bonds. The summed E-state index contributed by atoms with van der Waals surface area (Å²) in [5.41, 5.74) is 5.41. The van der Waals surface area contributed by atoms with Crippen LogP contribution in [0, 0.1) is 0 Å². The van der Waals surface area contributed by atoms with Crippen molar-refractivity contribution in [2.75, 3.05) is 7.11 Å². The van der Waals surface area contributed by atoms with Gasteiger partial charge in [-0.25, -0.2) is 4.79 Å². The van der Waals surface area contributed by atoms with Gasteiger partial charge in [0, 0.05) is 0 Å². The Balaban J connectivity index is 0. The third-order valence-electron chi connectivity index (χ3n) is 1.04. The van der Waals surface area contributed by atoms with Crippen LogP contribution in [0.5, 0.6) is 0 Å². The lowest BCUT2D eigenvalue weighted by Crippen LogP contribution is -2.41. The monoisotopic (exact) mass is 231 g/mol. The van der Waals surface area contributed by atoms with Crippen LogP contribution in [0.2, 0.25) is 0 Å². The Hall–Kier alpha value is 0.200. The number of nitrogens with two attached hydrogens (primary N) is 1. The number of carbonyl (C=O) groups is 1. The third-order valence-corrected chi connectivity index (χ3v) is 1.92. The van der Waals surface area contributed by atoms with Gasteiger partial charge in [-0.1, -0.05) is 22.9 Å². The fourth-order valence-corrected chi connectivity index (χ4v) is 0.476. The van der Waals surface area contributed by atoms with Gasteiger partial charge in [0.05, 0.1) is 7.11 Å². The van der Waals surface area contributed by atoms with E-state index in [1.807, 2.05) is 0 Å². The third kappa shape index (κ3) is 3.39. The molecule has 0 rings (SSSR count). The molecule has 0 fully saturated rings. The first kappa shape index (κ1) is 12.8. The Bertz CT molecular complexity index is 118. The number of halogens is 2. The van der Waals surface area contributed by atoms with Crippen LogP contribution < -0.4 is 5.73 Å². The lowest BCUT2D eigenvalue weighted by Gasteiger charge is -2.15. The summed E-state index contributed by atoms with van der Waals surface area (Å²) in [6, 6.07) is 0. The molecule has 2 N–H and O–H groups in total. The van der Waals surface area contributed by atoms with Crippen molar-refractivity contribution in [3.8, 4) is 0 Å². The molecule has 0 radical (unpaired) electrons. The van der Waals surface area contributed by atoms with Crippen molar-refractivity contribution in [3.63, 3.8) is 0 Å². The summed E-state index contributed by atoms with van der Waals surface area (Å²) in [5, 5.41) is 0. The maximum absolute atomic E-state index is 10.7. The van der Waals surface area contributed by atoms with Crippen LogP contribution in [0.25, 0.3) is 0 Å². The second kappa shape index (κ2) is 4.93.